The third-order valence-corrected chi connectivity index (χ3v) is 3.00. The van der Waals surface area contributed by atoms with Gasteiger partial charge in [-0.25, -0.2) is 0 Å². The van der Waals surface area contributed by atoms with Crippen molar-refractivity contribution in [1.82, 2.24) is 9.88 Å². The van der Waals surface area contributed by atoms with Crippen LogP contribution in [0.2, 0.25) is 0 Å². The van der Waals surface area contributed by atoms with Gasteiger partial charge in [0.25, 0.3) is 0 Å². The second-order valence-electron chi connectivity index (χ2n) is 5.15. The van der Waals surface area contributed by atoms with Gasteiger partial charge >= 0.3 is 5.97 Å². The summed E-state index contributed by atoms with van der Waals surface area (Å²) in [5.74, 6) is -1.09. The zero-order valence-electron chi connectivity index (χ0n) is 11.1. The third kappa shape index (κ3) is 3.91. The highest BCUT2D eigenvalue weighted by Crippen LogP contribution is 2.21. The van der Waals surface area contributed by atoms with E-state index in [0.717, 1.165) is 12.0 Å². The molecule has 0 aliphatic heterocycles. The average molecular weight is 252 g/mol. The smallest absolute Gasteiger partial charge is 0.309 e. The Morgan fingerprint density at radius 1 is 1.44 bits per heavy atom. The average Bonchev–Trinajstić information content (AvgIpc) is 2.77. The predicted molar refractivity (Wildman–Crippen MR) is 68.2 cm³/mol. The molecule has 0 fully saturated rings. The highest BCUT2D eigenvalue weighted by atomic mass is 16.4. The highest BCUT2D eigenvalue weighted by molar-refractivity contribution is 5.84. The molecule has 0 saturated heterocycles. The van der Waals surface area contributed by atoms with Gasteiger partial charge in [0.15, 0.2) is 0 Å². The van der Waals surface area contributed by atoms with Crippen molar-refractivity contribution in [2.45, 2.75) is 26.7 Å². The number of H-pyrrole nitrogens is 1. The number of rotatable bonds is 6. The highest BCUT2D eigenvalue weighted by Gasteiger charge is 2.31. The largest absolute Gasteiger partial charge is 0.481 e. The van der Waals surface area contributed by atoms with E-state index in [1.165, 1.54) is 0 Å². The molecule has 0 bridgehead atoms. The van der Waals surface area contributed by atoms with Crippen molar-refractivity contribution in [1.29, 1.82) is 0 Å². The summed E-state index contributed by atoms with van der Waals surface area (Å²) in [7, 11) is 1.70. The number of aromatic amines is 1. The Balaban J connectivity index is 2.44. The second-order valence-corrected chi connectivity index (χ2v) is 5.15. The monoisotopic (exact) mass is 252 g/mol. The summed E-state index contributed by atoms with van der Waals surface area (Å²) >= 11 is 0. The van der Waals surface area contributed by atoms with Crippen LogP contribution < -0.4 is 0 Å². The van der Waals surface area contributed by atoms with E-state index in [9.17, 15) is 9.59 Å². The van der Waals surface area contributed by atoms with Crippen molar-refractivity contribution in [3.8, 4) is 0 Å². The lowest BCUT2D eigenvalue weighted by molar-refractivity contribution is -0.151. The molecular formula is C13H20N2O3. The first-order chi connectivity index (χ1) is 8.33. The summed E-state index contributed by atoms with van der Waals surface area (Å²) in [4.78, 5) is 27.4. The van der Waals surface area contributed by atoms with Crippen LogP contribution in [0, 0.1) is 5.41 Å². The van der Waals surface area contributed by atoms with E-state index in [1.807, 2.05) is 18.5 Å². The van der Waals surface area contributed by atoms with E-state index in [4.69, 9.17) is 5.11 Å². The number of hydrogen-bond donors (Lipinski definition) is 2. The fourth-order valence-electron chi connectivity index (χ4n) is 1.52. The molecule has 2 N–H and O–H groups in total. The lowest BCUT2D eigenvalue weighted by Gasteiger charge is -2.23. The Labute approximate surface area is 107 Å². The maximum Gasteiger partial charge on any atom is 0.309 e. The standard InChI is InChI=1S/C13H20N2O3/c1-13(2,12(17)18)8-11(16)15(3)7-5-10-4-6-14-9-10/h4,6,9,14H,5,7-8H2,1-3H3,(H,17,18). The number of nitrogens with zero attached hydrogens (tertiary/aromatic N) is 1. The van der Waals surface area contributed by atoms with Gasteiger partial charge in [-0.15, -0.1) is 0 Å². The maximum atomic E-state index is 11.9. The van der Waals surface area contributed by atoms with Gasteiger partial charge in [0, 0.05) is 32.4 Å². The number of amides is 1. The molecule has 0 aliphatic carbocycles. The molecule has 1 rings (SSSR count). The number of carbonyl (C=O) groups excluding carboxylic acids is 1. The number of nitrogens with one attached hydrogen (secondary N) is 1. The lowest BCUT2D eigenvalue weighted by Crippen LogP contribution is -2.35. The molecule has 18 heavy (non-hydrogen) atoms. The first-order valence-electron chi connectivity index (χ1n) is 5.92. The maximum absolute atomic E-state index is 11.9. The summed E-state index contributed by atoms with van der Waals surface area (Å²) in [6.45, 7) is 3.72. The van der Waals surface area contributed by atoms with E-state index in [0.29, 0.717) is 6.54 Å². The van der Waals surface area contributed by atoms with Crippen LogP contribution >= 0.6 is 0 Å². The molecule has 0 unspecified atom stereocenters. The quantitative estimate of drug-likeness (QED) is 0.806. The van der Waals surface area contributed by atoms with Gasteiger partial charge in [0.2, 0.25) is 5.91 Å². The Morgan fingerprint density at radius 2 is 2.11 bits per heavy atom. The minimum atomic E-state index is -1.01. The summed E-state index contributed by atoms with van der Waals surface area (Å²) in [5.41, 5.74) is 0.117. The van der Waals surface area contributed by atoms with Gasteiger partial charge in [0.05, 0.1) is 5.41 Å². The van der Waals surface area contributed by atoms with Gasteiger partial charge < -0.3 is 15.0 Å². The minimum absolute atomic E-state index is 0.0198. The van der Waals surface area contributed by atoms with Crippen molar-refractivity contribution in [3.63, 3.8) is 0 Å². The Hall–Kier alpha value is -1.78. The molecule has 1 heterocycles. The molecular weight excluding hydrogens is 232 g/mol. The van der Waals surface area contributed by atoms with Crippen LogP contribution in [0.15, 0.2) is 18.5 Å². The molecule has 100 valence electrons. The molecule has 0 saturated carbocycles. The van der Waals surface area contributed by atoms with Gasteiger partial charge in [0.1, 0.15) is 0 Å². The van der Waals surface area contributed by atoms with E-state index >= 15 is 0 Å². The number of likely N-dealkylation sites (N-methyl/N-ethyl adjacent to an activating group) is 1. The van der Waals surface area contributed by atoms with Gasteiger partial charge in [-0.05, 0) is 31.9 Å². The van der Waals surface area contributed by atoms with Gasteiger partial charge in [-0.3, -0.25) is 9.59 Å². The predicted octanol–water partition coefficient (Wildman–Crippen LogP) is 1.52. The summed E-state index contributed by atoms with van der Waals surface area (Å²) in [6.07, 6.45) is 4.51. The number of aromatic nitrogens is 1. The summed E-state index contributed by atoms with van der Waals surface area (Å²) in [6, 6.07) is 1.96. The molecule has 0 aromatic carbocycles. The van der Waals surface area contributed by atoms with Crippen LogP contribution in [-0.2, 0) is 16.0 Å². The van der Waals surface area contributed by atoms with E-state index in [1.54, 1.807) is 25.8 Å². The van der Waals surface area contributed by atoms with Gasteiger partial charge in [-0.1, -0.05) is 0 Å². The number of carbonyl (C=O) groups is 2. The zero-order valence-corrected chi connectivity index (χ0v) is 11.1. The summed E-state index contributed by atoms with van der Waals surface area (Å²) in [5, 5.41) is 8.98. The molecule has 5 heteroatoms. The van der Waals surface area contributed by atoms with Crippen molar-refractivity contribution in [2.75, 3.05) is 13.6 Å². The van der Waals surface area contributed by atoms with Crippen molar-refractivity contribution >= 4 is 11.9 Å². The molecule has 1 aromatic rings. The molecule has 0 aliphatic rings. The number of carboxylic acids is 1. The first-order valence-corrected chi connectivity index (χ1v) is 5.92. The Kier molecular flexibility index (Phi) is 4.53. The number of hydrogen-bond acceptors (Lipinski definition) is 2. The second kappa shape index (κ2) is 5.71. The Morgan fingerprint density at radius 3 is 2.61 bits per heavy atom. The van der Waals surface area contributed by atoms with E-state index in [-0.39, 0.29) is 12.3 Å². The minimum Gasteiger partial charge on any atom is -0.481 e. The van der Waals surface area contributed by atoms with Crippen molar-refractivity contribution < 1.29 is 14.7 Å². The van der Waals surface area contributed by atoms with E-state index < -0.39 is 11.4 Å². The van der Waals surface area contributed by atoms with Crippen molar-refractivity contribution in [2.24, 2.45) is 5.41 Å². The van der Waals surface area contributed by atoms with E-state index in [2.05, 4.69) is 4.98 Å². The zero-order chi connectivity index (χ0) is 13.8. The van der Waals surface area contributed by atoms with Crippen LogP contribution in [0.3, 0.4) is 0 Å². The van der Waals surface area contributed by atoms with Crippen LogP contribution in [0.1, 0.15) is 25.8 Å². The SMILES string of the molecule is CN(CCc1cc[nH]c1)C(=O)CC(C)(C)C(=O)O. The van der Waals surface area contributed by atoms with Gasteiger partial charge in [-0.2, -0.15) is 0 Å². The molecule has 0 spiro atoms. The topological polar surface area (TPSA) is 73.4 Å². The molecule has 5 nitrogen and oxygen atoms in total. The lowest BCUT2D eigenvalue weighted by atomic mass is 9.89. The fraction of sp³-hybridized carbons (Fsp3) is 0.538. The number of aliphatic carboxylic acids is 1. The molecule has 0 radical (unpaired) electrons. The fourth-order valence-corrected chi connectivity index (χ4v) is 1.52. The van der Waals surface area contributed by atoms with Crippen LogP contribution in [0.5, 0.6) is 0 Å². The van der Waals surface area contributed by atoms with Crippen LogP contribution in [0.4, 0.5) is 0 Å². The summed E-state index contributed by atoms with van der Waals surface area (Å²) < 4.78 is 0. The first kappa shape index (κ1) is 14.3. The normalized spacial score (nSPS) is 11.3. The third-order valence-electron chi connectivity index (χ3n) is 3.00. The number of carboxylic acid groups (broad SMARTS) is 1. The van der Waals surface area contributed by atoms with Crippen LogP contribution in [0.25, 0.3) is 0 Å². The van der Waals surface area contributed by atoms with Crippen LogP contribution in [-0.4, -0.2) is 40.5 Å². The molecule has 0 atom stereocenters. The molecule has 1 aromatic heterocycles. The Bertz CT molecular complexity index is 410. The van der Waals surface area contributed by atoms with Crippen molar-refractivity contribution in [3.05, 3.63) is 24.0 Å². The molecule has 1 amide bonds.